The van der Waals surface area contributed by atoms with Crippen molar-refractivity contribution in [3.8, 4) is 0 Å². The summed E-state index contributed by atoms with van der Waals surface area (Å²) in [7, 11) is 0. The van der Waals surface area contributed by atoms with Gasteiger partial charge < -0.3 is 25.0 Å². The standard InChI is InChI=1S/C24H31FN8O2/c1-3-15(2)33-18-8-21(27-9-16(18)22(30-33)32-11-24(12-32)13-35-14-24)28-20-4-6-26-23(29-20)31-7-5-19(34)17(25)10-31/h4,6,8-9,15,17,19,34H,3,5,7,10-14H2,1-2H3,(H,26,27,28,29)/t15?,17-,19+/m0/s1. The summed E-state index contributed by atoms with van der Waals surface area (Å²) in [6.45, 7) is 8.53. The number of aromatic nitrogens is 5. The van der Waals surface area contributed by atoms with E-state index in [2.05, 4.69) is 43.7 Å². The fraction of sp³-hybridized carbons (Fsp3) is 0.583. The second-order valence-electron chi connectivity index (χ2n) is 10.1. The van der Waals surface area contributed by atoms with Crippen LogP contribution in [0.5, 0.6) is 0 Å². The Kier molecular flexibility index (Phi) is 5.48. The molecule has 0 saturated carbocycles. The maximum Gasteiger partial charge on any atom is 0.227 e. The number of nitrogens with zero attached hydrogens (tertiary/aromatic N) is 7. The van der Waals surface area contributed by atoms with Crippen LogP contribution in [-0.4, -0.2) is 81.5 Å². The van der Waals surface area contributed by atoms with Crippen molar-refractivity contribution in [3.05, 3.63) is 24.5 Å². The summed E-state index contributed by atoms with van der Waals surface area (Å²) in [5.41, 5.74) is 1.33. The molecule has 0 aromatic carbocycles. The van der Waals surface area contributed by atoms with Crippen LogP contribution >= 0.6 is 0 Å². The third-order valence-corrected chi connectivity index (χ3v) is 7.44. The van der Waals surface area contributed by atoms with Crippen molar-refractivity contribution in [2.75, 3.05) is 54.5 Å². The summed E-state index contributed by atoms with van der Waals surface area (Å²) in [6, 6.07) is 4.02. The Morgan fingerprint density at radius 1 is 1.26 bits per heavy atom. The molecule has 3 atom stereocenters. The molecule has 6 heterocycles. The predicted molar refractivity (Wildman–Crippen MR) is 131 cm³/mol. The third-order valence-electron chi connectivity index (χ3n) is 7.44. The van der Waals surface area contributed by atoms with Gasteiger partial charge in [0, 0.05) is 44.1 Å². The highest BCUT2D eigenvalue weighted by atomic mass is 19.1. The van der Waals surface area contributed by atoms with Gasteiger partial charge in [-0.15, -0.1) is 0 Å². The Hall–Kier alpha value is -3.05. The van der Waals surface area contributed by atoms with E-state index in [0.29, 0.717) is 36.0 Å². The molecule has 1 unspecified atom stereocenters. The fourth-order valence-corrected chi connectivity index (χ4v) is 5.09. The lowest BCUT2D eigenvalue weighted by atomic mass is 9.78. The molecule has 3 aliphatic rings. The first-order chi connectivity index (χ1) is 16.9. The Morgan fingerprint density at radius 3 is 2.80 bits per heavy atom. The van der Waals surface area contributed by atoms with Gasteiger partial charge in [0.05, 0.1) is 42.2 Å². The normalized spacial score (nSPS) is 24.3. The van der Waals surface area contributed by atoms with E-state index in [1.54, 1.807) is 17.2 Å². The lowest BCUT2D eigenvalue weighted by Crippen LogP contribution is -2.66. The van der Waals surface area contributed by atoms with Gasteiger partial charge in [-0.2, -0.15) is 10.1 Å². The zero-order valence-corrected chi connectivity index (χ0v) is 20.1. The van der Waals surface area contributed by atoms with E-state index in [0.717, 1.165) is 49.4 Å². The zero-order valence-electron chi connectivity index (χ0n) is 20.1. The Bertz CT molecular complexity index is 1220. The number of hydrogen-bond donors (Lipinski definition) is 2. The Balaban J connectivity index is 1.26. The van der Waals surface area contributed by atoms with Crippen LogP contribution in [0.15, 0.2) is 24.5 Å². The molecule has 3 fully saturated rings. The maximum absolute atomic E-state index is 14.0. The molecule has 0 amide bonds. The Morgan fingerprint density at radius 2 is 2.09 bits per heavy atom. The second kappa shape index (κ2) is 8.56. The average Bonchev–Trinajstić information content (AvgIpc) is 3.17. The minimum absolute atomic E-state index is 0.0790. The number of aliphatic hydroxyl groups is 1. The van der Waals surface area contributed by atoms with E-state index in [9.17, 15) is 9.50 Å². The van der Waals surface area contributed by atoms with Crippen molar-refractivity contribution in [2.24, 2.45) is 5.41 Å². The number of fused-ring (bicyclic) bond motifs is 1. The van der Waals surface area contributed by atoms with Crippen LogP contribution in [0.25, 0.3) is 10.9 Å². The number of aliphatic hydroxyl groups excluding tert-OH is 1. The van der Waals surface area contributed by atoms with Gasteiger partial charge in [-0.05, 0) is 25.8 Å². The number of nitrogens with one attached hydrogen (secondary N) is 1. The van der Waals surface area contributed by atoms with E-state index in [4.69, 9.17) is 9.84 Å². The number of rotatable bonds is 6. The largest absolute Gasteiger partial charge is 0.390 e. The van der Waals surface area contributed by atoms with Gasteiger partial charge in [0.1, 0.15) is 17.8 Å². The van der Waals surface area contributed by atoms with Crippen LogP contribution in [0.3, 0.4) is 0 Å². The first-order valence-electron chi connectivity index (χ1n) is 12.3. The molecular formula is C24H31FN8O2. The third kappa shape index (κ3) is 3.96. The molecule has 0 radical (unpaired) electrons. The van der Waals surface area contributed by atoms with Crippen LogP contribution in [0, 0.1) is 5.41 Å². The van der Waals surface area contributed by atoms with Crippen molar-refractivity contribution in [3.63, 3.8) is 0 Å². The molecule has 186 valence electrons. The first-order valence-corrected chi connectivity index (χ1v) is 12.3. The fourth-order valence-electron chi connectivity index (χ4n) is 5.09. The lowest BCUT2D eigenvalue weighted by molar-refractivity contribution is -0.127. The van der Waals surface area contributed by atoms with Crippen molar-refractivity contribution >= 4 is 34.3 Å². The highest BCUT2D eigenvalue weighted by Crippen LogP contribution is 2.42. The highest BCUT2D eigenvalue weighted by molar-refractivity contribution is 5.92. The molecule has 11 heteroatoms. The van der Waals surface area contributed by atoms with Gasteiger partial charge in [-0.3, -0.25) is 4.68 Å². The summed E-state index contributed by atoms with van der Waals surface area (Å²) in [5.74, 6) is 2.65. The molecule has 35 heavy (non-hydrogen) atoms. The molecule has 1 spiro atoms. The number of pyridine rings is 1. The van der Waals surface area contributed by atoms with Crippen LogP contribution in [0.1, 0.15) is 32.7 Å². The zero-order chi connectivity index (χ0) is 24.2. The summed E-state index contributed by atoms with van der Waals surface area (Å²) in [6.07, 6.45) is 2.62. The van der Waals surface area contributed by atoms with E-state index >= 15 is 0 Å². The van der Waals surface area contributed by atoms with Gasteiger partial charge >= 0.3 is 0 Å². The molecule has 3 aliphatic heterocycles. The van der Waals surface area contributed by atoms with Crippen LogP contribution in [-0.2, 0) is 4.74 Å². The smallest absolute Gasteiger partial charge is 0.227 e. The summed E-state index contributed by atoms with van der Waals surface area (Å²) in [4.78, 5) is 17.6. The number of halogens is 1. The minimum atomic E-state index is -1.30. The molecule has 10 nitrogen and oxygen atoms in total. The SMILES string of the molecule is CCC(C)n1nc(N2CC3(COC3)C2)c2cnc(Nc3ccnc(N4CC[C@@H](O)[C@@H](F)C4)n3)cc21. The van der Waals surface area contributed by atoms with Gasteiger partial charge in [0.15, 0.2) is 5.82 Å². The van der Waals surface area contributed by atoms with Gasteiger partial charge in [-0.1, -0.05) is 6.92 Å². The molecule has 0 bridgehead atoms. The summed E-state index contributed by atoms with van der Waals surface area (Å²) < 4.78 is 21.5. The van der Waals surface area contributed by atoms with E-state index < -0.39 is 12.3 Å². The van der Waals surface area contributed by atoms with Crippen molar-refractivity contribution in [1.82, 2.24) is 24.7 Å². The molecule has 3 aromatic rings. The molecule has 3 saturated heterocycles. The summed E-state index contributed by atoms with van der Waals surface area (Å²) >= 11 is 0. The lowest BCUT2D eigenvalue weighted by Gasteiger charge is -2.55. The van der Waals surface area contributed by atoms with Crippen molar-refractivity contribution < 1.29 is 14.2 Å². The first kappa shape index (κ1) is 22.4. The molecule has 3 aromatic heterocycles. The van der Waals surface area contributed by atoms with Crippen molar-refractivity contribution in [1.29, 1.82) is 0 Å². The second-order valence-corrected chi connectivity index (χ2v) is 10.1. The monoisotopic (exact) mass is 482 g/mol. The number of anilines is 4. The van der Waals surface area contributed by atoms with Crippen LogP contribution in [0.2, 0.25) is 0 Å². The van der Waals surface area contributed by atoms with Crippen molar-refractivity contribution in [2.45, 2.75) is 45.0 Å². The van der Waals surface area contributed by atoms with Crippen LogP contribution in [0.4, 0.5) is 27.8 Å². The van der Waals surface area contributed by atoms with Gasteiger partial charge in [-0.25, -0.2) is 14.4 Å². The van der Waals surface area contributed by atoms with Crippen LogP contribution < -0.4 is 15.1 Å². The number of ether oxygens (including phenoxy) is 1. The average molecular weight is 483 g/mol. The Labute approximate surface area is 203 Å². The van der Waals surface area contributed by atoms with E-state index in [1.165, 1.54) is 0 Å². The molecule has 2 N–H and O–H groups in total. The highest BCUT2D eigenvalue weighted by Gasteiger charge is 2.50. The number of hydrogen-bond acceptors (Lipinski definition) is 9. The van der Waals surface area contributed by atoms with E-state index in [1.807, 2.05) is 12.3 Å². The maximum atomic E-state index is 14.0. The quantitative estimate of drug-likeness (QED) is 0.549. The predicted octanol–water partition coefficient (Wildman–Crippen LogP) is 2.68. The van der Waals surface area contributed by atoms with Gasteiger partial charge in [0.2, 0.25) is 5.95 Å². The minimum Gasteiger partial charge on any atom is -0.390 e. The topological polar surface area (TPSA) is 104 Å². The molecule has 0 aliphatic carbocycles. The molecular weight excluding hydrogens is 451 g/mol. The van der Waals surface area contributed by atoms with E-state index in [-0.39, 0.29) is 12.6 Å². The number of alkyl halides is 1. The molecule has 6 rings (SSSR count). The number of piperidine rings is 1. The van der Waals surface area contributed by atoms with Gasteiger partial charge in [0.25, 0.3) is 0 Å². The summed E-state index contributed by atoms with van der Waals surface area (Å²) in [5, 5.41) is 19.0.